The number of carbonyl (C=O) groups excluding carboxylic acids is 2. The van der Waals surface area contributed by atoms with E-state index in [4.69, 9.17) is 5.26 Å². The van der Waals surface area contributed by atoms with Crippen LogP contribution < -0.4 is 0 Å². The minimum absolute atomic E-state index is 0.108. The summed E-state index contributed by atoms with van der Waals surface area (Å²) in [6, 6.07) is 8.54. The Hall–Kier alpha value is -2.21. The molecule has 74 valence electrons. The zero-order valence-corrected chi connectivity index (χ0v) is 8.01. The third-order valence-corrected chi connectivity index (χ3v) is 1.84. The lowest BCUT2D eigenvalue weighted by atomic mass is 10.1. The van der Waals surface area contributed by atoms with Crippen LogP contribution in [0.3, 0.4) is 0 Å². The number of benzene rings is 1. The van der Waals surface area contributed by atoms with Gasteiger partial charge in [0.25, 0.3) is 0 Å². The van der Waals surface area contributed by atoms with E-state index < -0.39 is 0 Å². The topological polar surface area (TPSA) is 57.9 Å². The summed E-state index contributed by atoms with van der Waals surface area (Å²) in [5.74, 6) is -0.191. The second kappa shape index (κ2) is 5.51. The van der Waals surface area contributed by atoms with E-state index in [1.165, 1.54) is 6.08 Å². The molecule has 0 aliphatic heterocycles. The predicted octanol–water partition coefficient (Wildman–Crippen LogP) is 2.00. The van der Waals surface area contributed by atoms with Gasteiger partial charge in [-0.05, 0) is 11.6 Å². The SMILES string of the molecule is N#CCC(=O)c1ccc(C=CC=O)cc1. The Labute approximate surface area is 87.6 Å². The average molecular weight is 199 g/mol. The number of Topliss-reactive ketones (excluding diaryl/α,β-unsaturated/α-hetero) is 1. The van der Waals surface area contributed by atoms with E-state index in [0.29, 0.717) is 11.8 Å². The van der Waals surface area contributed by atoms with Gasteiger partial charge in [-0.1, -0.05) is 30.3 Å². The molecule has 1 aromatic rings. The Morgan fingerprint density at radius 2 is 2.00 bits per heavy atom. The van der Waals surface area contributed by atoms with Crippen LogP contribution in [0, 0.1) is 11.3 Å². The Kier molecular flexibility index (Phi) is 3.99. The minimum atomic E-state index is -0.191. The Morgan fingerprint density at radius 3 is 2.53 bits per heavy atom. The lowest BCUT2D eigenvalue weighted by Gasteiger charge is -1.97. The first-order chi connectivity index (χ1) is 7.27. The molecule has 0 amide bonds. The van der Waals surface area contributed by atoms with E-state index in [1.54, 1.807) is 36.4 Å². The average Bonchev–Trinajstić information content (AvgIpc) is 2.27. The van der Waals surface area contributed by atoms with Crippen molar-refractivity contribution in [2.45, 2.75) is 6.42 Å². The Morgan fingerprint density at radius 1 is 1.33 bits per heavy atom. The first-order valence-electron chi connectivity index (χ1n) is 4.40. The van der Waals surface area contributed by atoms with Gasteiger partial charge in [0.15, 0.2) is 5.78 Å². The lowest BCUT2D eigenvalue weighted by molar-refractivity contribution is -0.104. The molecule has 1 rings (SSSR count). The summed E-state index contributed by atoms with van der Waals surface area (Å²) in [5, 5.41) is 8.35. The zero-order valence-electron chi connectivity index (χ0n) is 8.01. The molecular formula is C12H9NO2. The second-order valence-electron chi connectivity index (χ2n) is 2.88. The summed E-state index contributed by atoms with van der Waals surface area (Å²) in [7, 11) is 0. The maximum absolute atomic E-state index is 11.3. The van der Waals surface area contributed by atoms with Crippen LogP contribution in [0.2, 0.25) is 0 Å². The fraction of sp³-hybridized carbons (Fsp3) is 0.0833. The predicted molar refractivity (Wildman–Crippen MR) is 56.1 cm³/mol. The monoisotopic (exact) mass is 199 g/mol. The summed E-state index contributed by atoms with van der Waals surface area (Å²) < 4.78 is 0. The van der Waals surface area contributed by atoms with Gasteiger partial charge in [-0.15, -0.1) is 0 Å². The zero-order chi connectivity index (χ0) is 11.1. The highest BCUT2D eigenvalue weighted by molar-refractivity contribution is 5.97. The third-order valence-electron chi connectivity index (χ3n) is 1.84. The smallest absolute Gasteiger partial charge is 0.176 e. The molecule has 15 heavy (non-hydrogen) atoms. The molecule has 0 N–H and O–H groups in total. The molecule has 3 nitrogen and oxygen atoms in total. The van der Waals surface area contributed by atoms with Crippen molar-refractivity contribution in [3.8, 4) is 6.07 Å². The molecule has 0 radical (unpaired) electrons. The summed E-state index contributed by atoms with van der Waals surface area (Å²) in [4.78, 5) is 21.3. The van der Waals surface area contributed by atoms with Gasteiger partial charge in [0.1, 0.15) is 6.29 Å². The second-order valence-corrected chi connectivity index (χ2v) is 2.88. The third kappa shape index (κ3) is 3.20. The van der Waals surface area contributed by atoms with E-state index in [9.17, 15) is 9.59 Å². The maximum atomic E-state index is 11.3. The van der Waals surface area contributed by atoms with Crippen LogP contribution in [0.4, 0.5) is 0 Å². The summed E-state index contributed by atoms with van der Waals surface area (Å²) >= 11 is 0. The number of nitrogens with zero attached hydrogens (tertiary/aromatic N) is 1. The van der Waals surface area contributed by atoms with Crippen LogP contribution >= 0.6 is 0 Å². The first-order valence-corrected chi connectivity index (χ1v) is 4.40. The van der Waals surface area contributed by atoms with Crippen molar-refractivity contribution in [1.82, 2.24) is 0 Å². The van der Waals surface area contributed by atoms with E-state index in [2.05, 4.69) is 0 Å². The molecular weight excluding hydrogens is 190 g/mol. The van der Waals surface area contributed by atoms with Crippen molar-refractivity contribution in [3.63, 3.8) is 0 Å². The van der Waals surface area contributed by atoms with Crippen molar-refractivity contribution < 1.29 is 9.59 Å². The molecule has 0 spiro atoms. The number of hydrogen-bond donors (Lipinski definition) is 0. The van der Waals surface area contributed by atoms with Gasteiger partial charge in [-0.25, -0.2) is 0 Å². The molecule has 0 aliphatic carbocycles. The number of carbonyl (C=O) groups is 2. The van der Waals surface area contributed by atoms with E-state index in [0.717, 1.165) is 5.56 Å². The van der Waals surface area contributed by atoms with Crippen molar-refractivity contribution in [1.29, 1.82) is 5.26 Å². The summed E-state index contributed by atoms with van der Waals surface area (Å²) in [6.45, 7) is 0. The highest BCUT2D eigenvalue weighted by Gasteiger charge is 2.03. The lowest BCUT2D eigenvalue weighted by Crippen LogP contribution is -1.96. The standard InChI is InChI=1S/C12H9NO2/c13-8-7-12(15)11-5-3-10(4-6-11)2-1-9-14/h1-6,9H,7H2. The molecule has 0 aliphatic rings. The minimum Gasteiger partial charge on any atom is -0.299 e. The summed E-state index contributed by atoms with van der Waals surface area (Å²) in [6.07, 6.45) is 3.61. The van der Waals surface area contributed by atoms with Crippen LogP contribution in [0.25, 0.3) is 6.08 Å². The molecule has 0 bridgehead atoms. The highest BCUT2D eigenvalue weighted by Crippen LogP contribution is 2.07. The van der Waals surface area contributed by atoms with E-state index in [1.807, 2.05) is 0 Å². The van der Waals surface area contributed by atoms with Crippen molar-refractivity contribution in [3.05, 3.63) is 41.5 Å². The van der Waals surface area contributed by atoms with Gasteiger partial charge in [0.05, 0.1) is 12.5 Å². The number of aldehydes is 1. The van der Waals surface area contributed by atoms with Gasteiger partial charge >= 0.3 is 0 Å². The van der Waals surface area contributed by atoms with Crippen LogP contribution in [0.15, 0.2) is 30.3 Å². The number of ketones is 1. The van der Waals surface area contributed by atoms with Crippen molar-refractivity contribution in [2.24, 2.45) is 0 Å². The fourth-order valence-electron chi connectivity index (χ4n) is 1.10. The van der Waals surface area contributed by atoms with Gasteiger partial charge in [-0.2, -0.15) is 5.26 Å². The quantitative estimate of drug-likeness (QED) is 0.423. The van der Waals surface area contributed by atoms with Crippen LogP contribution in [-0.2, 0) is 4.79 Å². The molecule has 0 atom stereocenters. The maximum Gasteiger partial charge on any atom is 0.176 e. The summed E-state index contributed by atoms with van der Waals surface area (Å²) in [5.41, 5.74) is 1.36. The molecule has 0 aromatic heterocycles. The van der Waals surface area contributed by atoms with Gasteiger partial charge < -0.3 is 0 Å². The molecule has 0 saturated heterocycles. The highest BCUT2D eigenvalue weighted by atomic mass is 16.1. The van der Waals surface area contributed by atoms with Crippen LogP contribution in [0.5, 0.6) is 0 Å². The number of allylic oxidation sites excluding steroid dienone is 1. The number of nitriles is 1. The van der Waals surface area contributed by atoms with Gasteiger partial charge in [-0.3, -0.25) is 9.59 Å². The fourth-order valence-corrected chi connectivity index (χ4v) is 1.10. The molecule has 0 fully saturated rings. The molecule has 1 aromatic carbocycles. The van der Waals surface area contributed by atoms with E-state index >= 15 is 0 Å². The Balaban J connectivity index is 2.81. The largest absolute Gasteiger partial charge is 0.299 e. The normalized spacial score (nSPS) is 9.80. The first kappa shape index (κ1) is 10.9. The van der Waals surface area contributed by atoms with Crippen molar-refractivity contribution in [2.75, 3.05) is 0 Å². The van der Waals surface area contributed by atoms with Crippen LogP contribution in [0.1, 0.15) is 22.3 Å². The van der Waals surface area contributed by atoms with Gasteiger partial charge in [0, 0.05) is 5.56 Å². The molecule has 0 unspecified atom stereocenters. The van der Waals surface area contributed by atoms with Crippen LogP contribution in [-0.4, -0.2) is 12.1 Å². The van der Waals surface area contributed by atoms with Gasteiger partial charge in [0.2, 0.25) is 0 Å². The Bertz CT molecular complexity index is 424. The van der Waals surface area contributed by atoms with Crippen molar-refractivity contribution >= 4 is 18.1 Å². The number of rotatable bonds is 4. The molecule has 0 heterocycles. The number of hydrogen-bond acceptors (Lipinski definition) is 3. The van der Waals surface area contributed by atoms with E-state index in [-0.39, 0.29) is 12.2 Å². The molecule has 3 heteroatoms. The molecule has 0 saturated carbocycles.